The van der Waals surface area contributed by atoms with Crippen molar-refractivity contribution in [1.82, 2.24) is 4.90 Å². The van der Waals surface area contributed by atoms with Gasteiger partial charge in [0.2, 0.25) is 0 Å². The summed E-state index contributed by atoms with van der Waals surface area (Å²) in [4.78, 5) is 2.98. The molecule has 0 fully saturated rings. The van der Waals surface area contributed by atoms with Crippen molar-refractivity contribution in [3.63, 3.8) is 0 Å². The highest BCUT2D eigenvalue weighted by molar-refractivity contribution is 7.80. The van der Waals surface area contributed by atoms with Crippen LogP contribution < -0.4 is 5.73 Å². The molecule has 0 saturated carbocycles. The zero-order valence-electron chi connectivity index (χ0n) is 12.5. The Labute approximate surface area is 123 Å². The Bertz CT molecular complexity index is 389. The molecule has 0 amide bonds. The third-order valence-electron chi connectivity index (χ3n) is 3.58. The molecule has 3 heteroatoms. The maximum atomic E-state index is 5.77. The summed E-state index contributed by atoms with van der Waals surface area (Å²) >= 11 is 5.12. The molecule has 0 saturated heterocycles. The van der Waals surface area contributed by atoms with Crippen molar-refractivity contribution in [2.75, 3.05) is 7.05 Å². The van der Waals surface area contributed by atoms with Gasteiger partial charge >= 0.3 is 0 Å². The highest BCUT2D eigenvalue weighted by Gasteiger charge is 2.22. The number of thiocarbonyl (C=S) groups is 1. The van der Waals surface area contributed by atoms with Crippen molar-refractivity contribution < 1.29 is 0 Å². The summed E-state index contributed by atoms with van der Waals surface area (Å²) in [7, 11) is 2.17. The molecule has 0 aliphatic heterocycles. The third-order valence-corrected chi connectivity index (χ3v) is 3.74. The van der Waals surface area contributed by atoms with E-state index in [1.165, 1.54) is 12.0 Å². The highest BCUT2D eigenvalue weighted by Crippen LogP contribution is 2.26. The van der Waals surface area contributed by atoms with E-state index in [0.717, 1.165) is 6.42 Å². The minimum atomic E-state index is 0.271. The molecule has 2 nitrogen and oxygen atoms in total. The number of nitrogens with two attached hydrogens (primary N) is 1. The van der Waals surface area contributed by atoms with Gasteiger partial charge in [0.15, 0.2) is 0 Å². The summed E-state index contributed by atoms with van der Waals surface area (Å²) in [6.45, 7) is 6.79. The summed E-state index contributed by atoms with van der Waals surface area (Å²) in [6.07, 6.45) is 1.91. The van der Waals surface area contributed by atoms with Gasteiger partial charge in [-0.25, -0.2) is 0 Å². The molecule has 2 atom stereocenters. The first-order valence-corrected chi connectivity index (χ1v) is 7.37. The molecule has 0 aromatic heterocycles. The van der Waals surface area contributed by atoms with Crippen LogP contribution in [0.4, 0.5) is 0 Å². The fourth-order valence-corrected chi connectivity index (χ4v) is 2.68. The fourth-order valence-electron chi connectivity index (χ4n) is 2.52. The van der Waals surface area contributed by atoms with Crippen LogP contribution in [0.25, 0.3) is 0 Å². The van der Waals surface area contributed by atoms with Crippen LogP contribution in [0.15, 0.2) is 30.3 Å². The van der Waals surface area contributed by atoms with Crippen LogP contribution in [-0.4, -0.2) is 23.0 Å². The Hall–Kier alpha value is -0.930. The predicted octanol–water partition coefficient (Wildman–Crippen LogP) is 3.77. The smallest absolute Gasteiger partial charge is 0.0746 e. The van der Waals surface area contributed by atoms with Crippen LogP contribution in [0.2, 0.25) is 0 Å². The molecule has 0 radical (unpaired) electrons. The summed E-state index contributed by atoms with van der Waals surface area (Å²) in [5.41, 5.74) is 7.06. The van der Waals surface area contributed by atoms with Crippen LogP contribution in [-0.2, 0) is 0 Å². The van der Waals surface area contributed by atoms with Gasteiger partial charge in [-0.15, -0.1) is 0 Å². The number of benzene rings is 1. The molecular formula is C16H26N2S. The lowest BCUT2D eigenvalue weighted by atomic mass is 9.97. The average molecular weight is 278 g/mol. The van der Waals surface area contributed by atoms with Gasteiger partial charge in [0.05, 0.1) is 4.99 Å². The molecule has 106 valence electrons. The molecule has 0 spiro atoms. The molecule has 1 rings (SSSR count). The monoisotopic (exact) mass is 278 g/mol. The minimum absolute atomic E-state index is 0.271. The Morgan fingerprint density at radius 1 is 1.21 bits per heavy atom. The minimum Gasteiger partial charge on any atom is -0.393 e. The normalized spacial score (nSPS) is 14.6. The van der Waals surface area contributed by atoms with Crippen molar-refractivity contribution in [2.45, 2.75) is 45.7 Å². The second-order valence-corrected chi connectivity index (χ2v) is 6.27. The third kappa shape index (κ3) is 5.29. The molecule has 0 aliphatic rings. The highest BCUT2D eigenvalue weighted by atomic mass is 32.1. The summed E-state index contributed by atoms with van der Waals surface area (Å²) < 4.78 is 0. The van der Waals surface area contributed by atoms with E-state index >= 15 is 0 Å². The number of rotatable bonds is 7. The van der Waals surface area contributed by atoms with Crippen LogP contribution >= 0.6 is 12.2 Å². The second-order valence-electron chi connectivity index (χ2n) is 5.74. The topological polar surface area (TPSA) is 29.3 Å². The first-order chi connectivity index (χ1) is 8.91. The molecular weight excluding hydrogens is 252 g/mol. The molecule has 19 heavy (non-hydrogen) atoms. The molecule has 1 aromatic rings. The summed E-state index contributed by atoms with van der Waals surface area (Å²) in [5.74, 6) is 0.693. The van der Waals surface area contributed by atoms with E-state index in [2.05, 4.69) is 57.0 Å². The zero-order chi connectivity index (χ0) is 14.4. The maximum Gasteiger partial charge on any atom is 0.0746 e. The molecule has 2 unspecified atom stereocenters. The van der Waals surface area contributed by atoms with Crippen LogP contribution in [0, 0.1) is 5.92 Å². The SMILES string of the molecule is CC(C)CC(C)N(C)C(CC(N)=S)c1ccccc1. The Balaban J connectivity index is 2.88. The lowest BCUT2D eigenvalue weighted by Crippen LogP contribution is -2.36. The van der Waals surface area contributed by atoms with Gasteiger partial charge in [-0.05, 0) is 31.9 Å². The van der Waals surface area contributed by atoms with E-state index in [-0.39, 0.29) is 6.04 Å². The molecule has 1 aromatic carbocycles. The van der Waals surface area contributed by atoms with Crippen molar-refractivity contribution in [1.29, 1.82) is 0 Å². The van der Waals surface area contributed by atoms with Gasteiger partial charge in [0, 0.05) is 18.5 Å². The van der Waals surface area contributed by atoms with E-state index < -0.39 is 0 Å². The van der Waals surface area contributed by atoms with Crippen LogP contribution in [0.5, 0.6) is 0 Å². The quantitative estimate of drug-likeness (QED) is 0.770. The van der Waals surface area contributed by atoms with E-state index in [4.69, 9.17) is 18.0 Å². The van der Waals surface area contributed by atoms with Gasteiger partial charge in [-0.2, -0.15) is 0 Å². The second kappa shape index (κ2) is 7.61. The number of nitrogens with zero attached hydrogens (tertiary/aromatic N) is 1. The largest absolute Gasteiger partial charge is 0.393 e. The van der Waals surface area contributed by atoms with Gasteiger partial charge in [-0.3, -0.25) is 4.90 Å². The number of hydrogen-bond donors (Lipinski definition) is 1. The Morgan fingerprint density at radius 2 is 1.79 bits per heavy atom. The Kier molecular flexibility index (Phi) is 6.46. The van der Waals surface area contributed by atoms with Gasteiger partial charge in [0.25, 0.3) is 0 Å². The van der Waals surface area contributed by atoms with E-state index in [9.17, 15) is 0 Å². The van der Waals surface area contributed by atoms with E-state index in [0.29, 0.717) is 16.9 Å². The standard InChI is InChI=1S/C16H26N2S/c1-12(2)10-13(3)18(4)15(11-16(17)19)14-8-6-5-7-9-14/h5-9,12-13,15H,10-11H2,1-4H3,(H2,17,19). The first-order valence-electron chi connectivity index (χ1n) is 6.97. The number of hydrogen-bond acceptors (Lipinski definition) is 2. The van der Waals surface area contributed by atoms with Gasteiger partial charge in [0.1, 0.15) is 0 Å². The summed E-state index contributed by atoms with van der Waals surface area (Å²) in [6, 6.07) is 11.3. The zero-order valence-corrected chi connectivity index (χ0v) is 13.3. The van der Waals surface area contributed by atoms with Crippen molar-refractivity contribution in [3.8, 4) is 0 Å². The maximum absolute atomic E-state index is 5.77. The first kappa shape index (κ1) is 16.1. The lowest BCUT2D eigenvalue weighted by molar-refractivity contribution is 0.168. The molecule has 0 aliphatic carbocycles. The van der Waals surface area contributed by atoms with Crippen LogP contribution in [0.1, 0.15) is 45.2 Å². The van der Waals surface area contributed by atoms with Gasteiger partial charge < -0.3 is 5.73 Å². The molecule has 0 bridgehead atoms. The molecule has 2 N–H and O–H groups in total. The van der Waals surface area contributed by atoms with Crippen molar-refractivity contribution in [2.24, 2.45) is 11.7 Å². The predicted molar refractivity (Wildman–Crippen MR) is 87.3 cm³/mol. The average Bonchev–Trinajstić information content (AvgIpc) is 2.35. The lowest BCUT2D eigenvalue weighted by Gasteiger charge is -2.34. The van der Waals surface area contributed by atoms with E-state index in [1.807, 2.05) is 6.07 Å². The van der Waals surface area contributed by atoms with E-state index in [1.54, 1.807) is 0 Å². The van der Waals surface area contributed by atoms with Gasteiger partial charge in [-0.1, -0.05) is 56.4 Å². The molecule has 0 heterocycles. The Morgan fingerprint density at radius 3 is 2.26 bits per heavy atom. The fraction of sp³-hybridized carbons (Fsp3) is 0.562. The van der Waals surface area contributed by atoms with Crippen molar-refractivity contribution in [3.05, 3.63) is 35.9 Å². The van der Waals surface area contributed by atoms with Crippen LogP contribution in [0.3, 0.4) is 0 Å². The van der Waals surface area contributed by atoms with Crippen molar-refractivity contribution >= 4 is 17.2 Å². The summed E-state index contributed by atoms with van der Waals surface area (Å²) in [5, 5.41) is 0.